The molecule has 0 saturated heterocycles. The van der Waals surface area contributed by atoms with Crippen LogP contribution in [0.5, 0.6) is 5.75 Å². The number of aryl methyl sites for hydroxylation is 3. The molecule has 0 spiro atoms. The van der Waals surface area contributed by atoms with Gasteiger partial charge < -0.3 is 10.4 Å². The molecular formula is C18H23NO. The summed E-state index contributed by atoms with van der Waals surface area (Å²) in [7, 11) is 0. The van der Waals surface area contributed by atoms with Crippen molar-refractivity contribution in [3.63, 3.8) is 0 Å². The lowest BCUT2D eigenvalue weighted by atomic mass is 10.0. The molecular weight excluding hydrogens is 246 g/mol. The van der Waals surface area contributed by atoms with Gasteiger partial charge in [0.25, 0.3) is 0 Å². The minimum atomic E-state index is 0.310. The third kappa shape index (κ3) is 3.40. The second-order valence-electron chi connectivity index (χ2n) is 5.59. The molecule has 0 heterocycles. The summed E-state index contributed by atoms with van der Waals surface area (Å²) in [6, 6.07) is 13.0. The number of hydrogen-bond donors (Lipinski definition) is 2. The van der Waals surface area contributed by atoms with E-state index in [0.717, 1.165) is 17.7 Å². The molecule has 0 radical (unpaired) electrons. The van der Waals surface area contributed by atoms with Gasteiger partial charge in [0.1, 0.15) is 5.75 Å². The van der Waals surface area contributed by atoms with Crippen molar-refractivity contribution in [1.29, 1.82) is 0 Å². The highest BCUT2D eigenvalue weighted by atomic mass is 16.3. The second-order valence-corrected chi connectivity index (χ2v) is 5.59. The van der Waals surface area contributed by atoms with Crippen molar-refractivity contribution in [2.45, 2.75) is 40.3 Å². The first-order valence-corrected chi connectivity index (χ1v) is 7.06. The zero-order valence-electron chi connectivity index (χ0n) is 12.7. The zero-order valence-corrected chi connectivity index (χ0v) is 12.7. The molecule has 0 saturated carbocycles. The average Bonchev–Trinajstić information content (AvgIpc) is 2.42. The maximum Gasteiger partial charge on any atom is 0.121 e. The van der Waals surface area contributed by atoms with E-state index in [1.165, 1.54) is 16.7 Å². The maximum absolute atomic E-state index is 9.79. The van der Waals surface area contributed by atoms with Gasteiger partial charge in [-0.2, -0.15) is 0 Å². The van der Waals surface area contributed by atoms with Crippen LogP contribution in [0.15, 0.2) is 36.4 Å². The van der Waals surface area contributed by atoms with Crippen LogP contribution in [0.1, 0.15) is 40.8 Å². The molecule has 2 nitrogen and oxygen atoms in total. The van der Waals surface area contributed by atoms with Crippen molar-refractivity contribution >= 4 is 0 Å². The van der Waals surface area contributed by atoms with Gasteiger partial charge in [-0.05, 0) is 49.9 Å². The summed E-state index contributed by atoms with van der Waals surface area (Å²) in [5.74, 6) is 0.403. The van der Waals surface area contributed by atoms with E-state index in [4.69, 9.17) is 0 Å². The molecule has 1 atom stereocenters. The fourth-order valence-corrected chi connectivity index (χ4v) is 2.39. The van der Waals surface area contributed by atoms with E-state index in [-0.39, 0.29) is 0 Å². The Balaban J connectivity index is 2.03. The SMILES string of the molecule is Cc1ccc(C(C)NCc2cc(C)c(O)c(C)c2)cc1. The highest BCUT2D eigenvalue weighted by Crippen LogP contribution is 2.23. The van der Waals surface area contributed by atoms with E-state index in [9.17, 15) is 5.11 Å². The number of rotatable bonds is 4. The van der Waals surface area contributed by atoms with Crippen molar-refractivity contribution in [3.05, 3.63) is 64.2 Å². The van der Waals surface area contributed by atoms with Crippen LogP contribution in [0.4, 0.5) is 0 Å². The number of aromatic hydroxyl groups is 1. The van der Waals surface area contributed by atoms with Gasteiger partial charge >= 0.3 is 0 Å². The average molecular weight is 269 g/mol. The lowest BCUT2D eigenvalue weighted by Gasteiger charge is -2.15. The highest BCUT2D eigenvalue weighted by Gasteiger charge is 2.07. The molecule has 0 aromatic heterocycles. The largest absolute Gasteiger partial charge is 0.507 e. The van der Waals surface area contributed by atoms with E-state index in [1.807, 2.05) is 26.0 Å². The van der Waals surface area contributed by atoms with Gasteiger partial charge in [0.05, 0.1) is 0 Å². The second kappa shape index (κ2) is 6.10. The van der Waals surface area contributed by atoms with Gasteiger partial charge in [-0.1, -0.05) is 42.0 Å². The predicted molar refractivity (Wildman–Crippen MR) is 84.0 cm³/mol. The van der Waals surface area contributed by atoms with Crippen molar-refractivity contribution in [2.24, 2.45) is 0 Å². The fourth-order valence-electron chi connectivity index (χ4n) is 2.39. The van der Waals surface area contributed by atoms with Crippen LogP contribution >= 0.6 is 0 Å². The van der Waals surface area contributed by atoms with E-state index in [1.54, 1.807) is 0 Å². The summed E-state index contributed by atoms with van der Waals surface area (Å²) in [5, 5.41) is 13.3. The Hall–Kier alpha value is -1.80. The lowest BCUT2D eigenvalue weighted by molar-refractivity contribution is 0.466. The number of phenolic OH excluding ortho intramolecular Hbond substituents is 1. The molecule has 0 bridgehead atoms. The number of phenols is 1. The Morgan fingerprint density at radius 2 is 1.55 bits per heavy atom. The smallest absolute Gasteiger partial charge is 0.121 e. The molecule has 2 aromatic carbocycles. The Morgan fingerprint density at radius 3 is 2.10 bits per heavy atom. The minimum Gasteiger partial charge on any atom is -0.507 e. The topological polar surface area (TPSA) is 32.3 Å². The number of benzene rings is 2. The van der Waals surface area contributed by atoms with Gasteiger partial charge in [-0.25, -0.2) is 0 Å². The third-order valence-electron chi connectivity index (χ3n) is 3.74. The molecule has 106 valence electrons. The molecule has 0 aliphatic heterocycles. The third-order valence-corrected chi connectivity index (χ3v) is 3.74. The standard InChI is InChI=1S/C18H23NO/c1-12-5-7-17(8-6-12)15(4)19-11-16-9-13(2)18(20)14(3)10-16/h5-10,15,19-20H,11H2,1-4H3. The molecule has 20 heavy (non-hydrogen) atoms. The first kappa shape index (κ1) is 14.6. The van der Waals surface area contributed by atoms with Crippen LogP contribution in [0.3, 0.4) is 0 Å². The minimum absolute atomic E-state index is 0.310. The molecule has 2 aromatic rings. The lowest BCUT2D eigenvalue weighted by Crippen LogP contribution is -2.18. The van der Waals surface area contributed by atoms with Gasteiger partial charge in [0.15, 0.2) is 0 Å². The first-order chi connectivity index (χ1) is 9.47. The summed E-state index contributed by atoms with van der Waals surface area (Å²) in [6.07, 6.45) is 0. The molecule has 2 rings (SSSR count). The maximum atomic E-state index is 9.79. The summed E-state index contributed by atoms with van der Waals surface area (Å²) in [4.78, 5) is 0. The molecule has 0 aliphatic carbocycles. The van der Waals surface area contributed by atoms with Gasteiger partial charge in [0.2, 0.25) is 0 Å². The molecule has 0 amide bonds. The van der Waals surface area contributed by atoms with Crippen LogP contribution in [-0.2, 0) is 6.54 Å². The van der Waals surface area contributed by atoms with Crippen LogP contribution in [0.2, 0.25) is 0 Å². The van der Waals surface area contributed by atoms with Crippen LogP contribution in [-0.4, -0.2) is 5.11 Å². The highest BCUT2D eigenvalue weighted by molar-refractivity contribution is 5.42. The molecule has 1 unspecified atom stereocenters. The predicted octanol–water partition coefficient (Wildman–Crippen LogP) is 4.17. The first-order valence-electron chi connectivity index (χ1n) is 7.06. The van der Waals surface area contributed by atoms with Gasteiger partial charge in [0, 0.05) is 12.6 Å². The Labute approximate surface area is 121 Å². The van der Waals surface area contributed by atoms with Gasteiger partial charge in [-0.3, -0.25) is 0 Å². The molecule has 0 fully saturated rings. The van der Waals surface area contributed by atoms with E-state index in [0.29, 0.717) is 11.8 Å². The van der Waals surface area contributed by atoms with Crippen molar-refractivity contribution in [3.8, 4) is 5.75 Å². The van der Waals surface area contributed by atoms with E-state index in [2.05, 4.69) is 43.4 Å². The quantitative estimate of drug-likeness (QED) is 0.873. The molecule has 2 heteroatoms. The summed E-state index contributed by atoms with van der Waals surface area (Å²) in [6.45, 7) is 8.95. The Morgan fingerprint density at radius 1 is 1.00 bits per heavy atom. The Bertz CT molecular complexity index is 564. The van der Waals surface area contributed by atoms with E-state index >= 15 is 0 Å². The molecule has 0 aliphatic rings. The normalized spacial score (nSPS) is 12.4. The van der Waals surface area contributed by atoms with Crippen molar-refractivity contribution in [2.75, 3.05) is 0 Å². The van der Waals surface area contributed by atoms with Crippen molar-refractivity contribution in [1.82, 2.24) is 5.32 Å². The van der Waals surface area contributed by atoms with E-state index < -0.39 is 0 Å². The summed E-state index contributed by atoms with van der Waals surface area (Å²) < 4.78 is 0. The van der Waals surface area contributed by atoms with Crippen molar-refractivity contribution < 1.29 is 5.11 Å². The summed E-state index contributed by atoms with van der Waals surface area (Å²) >= 11 is 0. The monoisotopic (exact) mass is 269 g/mol. The van der Waals surface area contributed by atoms with Crippen LogP contribution in [0.25, 0.3) is 0 Å². The van der Waals surface area contributed by atoms with Crippen LogP contribution in [0, 0.1) is 20.8 Å². The number of nitrogens with one attached hydrogen (secondary N) is 1. The number of hydrogen-bond acceptors (Lipinski definition) is 2. The molecule has 2 N–H and O–H groups in total. The fraction of sp³-hybridized carbons (Fsp3) is 0.333. The Kier molecular flexibility index (Phi) is 4.46. The zero-order chi connectivity index (χ0) is 14.7. The summed E-state index contributed by atoms with van der Waals surface area (Å²) in [5.41, 5.74) is 5.65. The van der Waals surface area contributed by atoms with Crippen LogP contribution < -0.4 is 5.32 Å². The van der Waals surface area contributed by atoms with Gasteiger partial charge in [-0.15, -0.1) is 0 Å².